The molecule has 0 aliphatic rings. The van der Waals surface area contributed by atoms with E-state index in [1.165, 1.54) is 11.9 Å². The van der Waals surface area contributed by atoms with Crippen molar-refractivity contribution in [3.8, 4) is 0 Å². The molecule has 0 aromatic heterocycles. The number of halogens is 3. The van der Waals surface area contributed by atoms with Gasteiger partial charge in [0, 0.05) is 25.7 Å². The predicted molar refractivity (Wildman–Crippen MR) is 67.8 cm³/mol. The topological polar surface area (TPSA) is 39.7 Å². The van der Waals surface area contributed by atoms with Crippen molar-refractivity contribution < 1.29 is 13.2 Å². The fourth-order valence-corrected chi connectivity index (χ4v) is 1.28. The third kappa shape index (κ3) is 10.2. The predicted octanol–water partition coefficient (Wildman–Crippen LogP) is 1.44. The molecule has 0 fully saturated rings. The van der Waals surface area contributed by atoms with E-state index in [2.05, 4.69) is 15.6 Å². The third-order valence-electron chi connectivity index (χ3n) is 1.95. The molecule has 0 atom stereocenters. The van der Waals surface area contributed by atoms with Crippen molar-refractivity contribution in [1.82, 2.24) is 15.5 Å². The SMILES string of the molecule is CN=C(NCCN(C)CC(F)(F)F)NC(C)(C)C. The van der Waals surface area contributed by atoms with Gasteiger partial charge in [-0.15, -0.1) is 0 Å². The van der Waals surface area contributed by atoms with Crippen LogP contribution in [0.4, 0.5) is 13.2 Å². The standard InChI is InChI=1S/C11H23F3N4/c1-10(2,3)17-9(15-4)16-6-7-18(5)8-11(12,13)14/h6-8H2,1-5H3,(H2,15,16,17). The Kier molecular flexibility index (Phi) is 6.45. The van der Waals surface area contributed by atoms with Crippen molar-refractivity contribution in [2.24, 2.45) is 4.99 Å². The van der Waals surface area contributed by atoms with Crippen LogP contribution in [0.3, 0.4) is 0 Å². The highest BCUT2D eigenvalue weighted by Gasteiger charge is 2.28. The van der Waals surface area contributed by atoms with Gasteiger partial charge >= 0.3 is 6.18 Å². The quantitative estimate of drug-likeness (QED) is 0.599. The van der Waals surface area contributed by atoms with Gasteiger partial charge < -0.3 is 10.6 Å². The first-order chi connectivity index (χ1) is 8.03. The van der Waals surface area contributed by atoms with E-state index in [1.54, 1.807) is 7.05 Å². The molecular formula is C11H23F3N4. The molecule has 2 N–H and O–H groups in total. The van der Waals surface area contributed by atoms with Crippen LogP contribution in [-0.4, -0.2) is 56.3 Å². The van der Waals surface area contributed by atoms with Crippen molar-refractivity contribution >= 4 is 5.96 Å². The zero-order chi connectivity index (χ0) is 14.4. The van der Waals surface area contributed by atoms with Crippen molar-refractivity contribution in [3.63, 3.8) is 0 Å². The number of nitrogens with one attached hydrogen (secondary N) is 2. The van der Waals surface area contributed by atoms with E-state index in [4.69, 9.17) is 0 Å². The molecule has 0 rings (SSSR count). The number of likely N-dealkylation sites (N-methyl/N-ethyl adjacent to an activating group) is 1. The summed E-state index contributed by atoms with van der Waals surface area (Å²) in [6, 6.07) is 0. The zero-order valence-electron chi connectivity index (χ0n) is 11.6. The summed E-state index contributed by atoms with van der Waals surface area (Å²) in [6.45, 7) is 5.74. The Morgan fingerprint density at radius 3 is 2.17 bits per heavy atom. The van der Waals surface area contributed by atoms with Crippen molar-refractivity contribution in [2.45, 2.75) is 32.5 Å². The molecule has 108 valence electrons. The molecule has 0 saturated heterocycles. The van der Waals surface area contributed by atoms with Crippen molar-refractivity contribution in [2.75, 3.05) is 33.7 Å². The molecule has 0 aliphatic carbocycles. The smallest absolute Gasteiger partial charge is 0.355 e. The Morgan fingerprint density at radius 1 is 1.22 bits per heavy atom. The minimum absolute atomic E-state index is 0.139. The highest BCUT2D eigenvalue weighted by Crippen LogP contribution is 2.14. The molecule has 0 bridgehead atoms. The monoisotopic (exact) mass is 268 g/mol. The van der Waals surface area contributed by atoms with Gasteiger partial charge in [-0.3, -0.25) is 9.89 Å². The van der Waals surface area contributed by atoms with E-state index in [0.717, 1.165) is 0 Å². The first-order valence-corrected chi connectivity index (χ1v) is 5.77. The van der Waals surface area contributed by atoms with E-state index >= 15 is 0 Å². The van der Waals surface area contributed by atoms with E-state index in [0.29, 0.717) is 19.0 Å². The molecule has 0 aromatic rings. The molecule has 0 saturated carbocycles. The lowest BCUT2D eigenvalue weighted by Gasteiger charge is -2.24. The molecule has 0 amide bonds. The fourth-order valence-electron chi connectivity index (χ4n) is 1.28. The van der Waals surface area contributed by atoms with Gasteiger partial charge in [0.2, 0.25) is 0 Å². The van der Waals surface area contributed by atoms with Crippen LogP contribution in [-0.2, 0) is 0 Å². The summed E-state index contributed by atoms with van der Waals surface area (Å²) < 4.78 is 36.2. The lowest BCUT2D eigenvalue weighted by molar-refractivity contribution is -0.142. The number of rotatable bonds is 4. The molecule has 0 aliphatic heterocycles. The van der Waals surface area contributed by atoms with E-state index in [-0.39, 0.29) is 5.54 Å². The number of alkyl halides is 3. The van der Waals surface area contributed by atoms with Crippen LogP contribution in [0.2, 0.25) is 0 Å². The van der Waals surface area contributed by atoms with Gasteiger partial charge in [0.05, 0.1) is 6.54 Å². The highest BCUT2D eigenvalue weighted by atomic mass is 19.4. The van der Waals surface area contributed by atoms with Crippen molar-refractivity contribution in [3.05, 3.63) is 0 Å². The summed E-state index contributed by atoms with van der Waals surface area (Å²) in [5, 5.41) is 6.10. The molecule has 0 aromatic carbocycles. The van der Waals surface area contributed by atoms with E-state index < -0.39 is 12.7 Å². The minimum Gasteiger partial charge on any atom is -0.355 e. The fraction of sp³-hybridized carbons (Fsp3) is 0.909. The van der Waals surface area contributed by atoms with Gasteiger partial charge in [-0.1, -0.05) is 0 Å². The van der Waals surface area contributed by atoms with Crippen LogP contribution in [0.25, 0.3) is 0 Å². The summed E-state index contributed by atoms with van der Waals surface area (Å²) in [4.78, 5) is 5.22. The molecule has 0 unspecified atom stereocenters. The molecular weight excluding hydrogens is 245 g/mol. The number of aliphatic imine (C=N–C) groups is 1. The van der Waals surface area contributed by atoms with Crippen LogP contribution < -0.4 is 10.6 Å². The Bertz CT molecular complexity index is 268. The number of guanidine groups is 1. The summed E-state index contributed by atoms with van der Waals surface area (Å²) in [6.07, 6.45) is -4.15. The molecule has 0 heterocycles. The van der Waals surface area contributed by atoms with Gasteiger partial charge in [-0.25, -0.2) is 0 Å². The van der Waals surface area contributed by atoms with Gasteiger partial charge in [0.25, 0.3) is 0 Å². The summed E-state index contributed by atoms with van der Waals surface area (Å²) >= 11 is 0. The summed E-state index contributed by atoms with van der Waals surface area (Å²) in [7, 11) is 3.07. The highest BCUT2D eigenvalue weighted by molar-refractivity contribution is 5.80. The van der Waals surface area contributed by atoms with Crippen LogP contribution in [0.15, 0.2) is 4.99 Å². The van der Waals surface area contributed by atoms with Crippen LogP contribution in [0.1, 0.15) is 20.8 Å². The second kappa shape index (κ2) is 6.82. The van der Waals surface area contributed by atoms with Crippen molar-refractivity contribution in [1.29, 1.82) is 0 Å². The zero-order valence-corrected chi connectivity index (χ0v) is 11.6. The largest absolute Gasteiger partial charge is 0.401 e. The second-order valence-electron chi connectivity index (χ2n) is 5.23. The average Bonchev–Trinajstić information content (AvgIpc) is 2.11. The maximum atomic E-state index is 12.1. The number of hydrogen-bond acceptors (Lipinski definition) is 2. The summed E-state index contributed by atoms with van der Waals surface area (Å²) in [5.41, 5.74) is -0.139. The lowest BCUT2D eigenvalue weighted by Crippen LogP contribution is -2.49. The van der Waals surface area contributed by atoms with E-state index in [9.17, 15) is 13.2 Å². The maximum absolute atomic E-state index is 12.1. The van der Waals surface area contributed by atoms with Gasteiger partial charge in [0.15, 0.2) is 5.96 Å². The molecule has 7 heteroatoms. The van der Waals surface area contributed by atoms with Gasteiger partial charge in [-0.05, 0) is 27.8 Å². The van der Waals surface area contributed by atoms with Crippen LogP contribution >= 0.6 is 0 Å². The first kappa shape index (κ1) is 17.0. The molecule has 0 spiro atoms. The lowest BCUT2D eigenvalue weighted by atomic mass is 10.1. The van der Waals surface area contributed by atoms with Gasteiger partial charge in [-0.2, -0.15) is 13.2 Å². The Morgan fingerprint density at radius 2 is 1.78 bits per heavy atom. The Hall–Kier alpha value is -0.980. The molecule has 0 radical (unpaired) electrons. The molecule has 18 heavy (non-hydrogen) atoms. The van der Waals surface area contributed by atoms with Gasteiger partial charge in [0.1, 0.15) is 0 Å². The molecule has 4 nitrogen and oxygen atoms in total. The Labute approximate surface area is 107 Å². The number of hydrogen-bond donors (Lipinski definition) is 2. The minimum atomic E-state index is -4.15. The maximum Gasteiger partial charge on any atom is 0.401 e. The summed E-state index contributed by atoms with van der Waals surface area (Å²) in [5.74, 6) is 0.586. The van der Waals surface area contributed by atoms with Crippen LogP contribution in [0.5, 0.6) is 0 Å². The van der Waals surface area contributed by atoms with Crippen LogP contribution in [0, 0.1) is 0 Å². The average molecular weight is 268 g/mol. The number of nitrogens with zero attached hydrogens (tertiary/aromatic N) is 2. The normalized spacial score (nSPS) is 13.9. The van der Waals surface area contributed by atoms with E-state index in [1.807, 2.05) is 20.8 Å². The first-order valence-electron chi connectivity index (χ1n) is 5.77. The third-order valence-corrected chi connectivity index (χ3v) is 1.95. The Balaban J connectivity index is 3.96. The second-order valence-corrected chi connectivity index (χ2v) is 5.23.